The first-order chi connectivity index (χ1) is 11.7. The van der Waals surface area contributed by atoms with Crippen LogP contribution in [-0.4, -0.2) is 38.6 Å². The summed E-state index contributed by atoms with van der Waals surface area (Å²) in [5.74, 6) is 0.237. The summed E-state index contributed by atoms with van der Waals surface area (Å²) in [4.78, 5) is 20.5. The molecule has 4 heterocycles. The summed E-state index contributed by atoms with van der Waals surface area (Å²) >= 11 is 0. The van der Waals surface area contributed by atoms with Gasteiger partial charge in [-0.25, -0.2) is 9.78 Å². The molecule has 0 N–H and O–H groups in total. The van der Waals surface area contributed by atoms with E-state index in [0.29, 0.717) is 18.5 Å². The number of carbonyl (C=O) groups excluding carboxylic acids is 1. The van der Waals surface area contributed by atoms with Crippen molar-refractivity contribution in [2.24, 2.45) is 0 Å². The molecule has 5 rings (SSSR count). The Hall–Kier alpha value is -2.83. The van der Waals surface area contributed by atoms with Gasteiger partial charge in [0.05, 0.1) is 12.8 Å². The van der Waals surface area contributed by atoms with Crippen molar-refractivity contribution in [1.82, 2.24) is 18.9 Å². The van der Waals surface area contributed by atoms with Gasteiger partial charge in [0.2, 0.25) is 0 Å². The average molecular weight is 324 g/mol. The highest BCUT2D eigenvalue weighted by atomic mass is 16.5. The smallest absolute Gasteiger partial charge is 0.358 e. The SMILES string of the molecule is COC(=O)c1cn2c(n1)OCC2c1cn2cc(C3CC3)ccc2n1. The number of aromatic nitrogens is 4. The molecule has 1 atom stereocenters. The number of fused-ring (bicyclic) bond motifs is 2. The molecule has 1 fully saturated rings. The number of carbonyl (C=O) groups is 1. The van der Waals surface area contributed by atoms with E-state index in [1.54, 1.807) is 6.20 Å². The van der Waals surface area contributed by atoms with Crippen molar-refractivity contribution in [3.05, 3.63) is 47.7 Å². The second-order valence-electron chi connectivity index (χ2n) is 6.30. The van der Waals surface area contributed by atoms with Crippen LogP contribution in [0.25, 0.3) is 5.65 Å². The zero-order valence-electron chi connectivity index (χ0n) is 13.2. The Labute approximate surface area is 137 Å². The van der Waals surface area contributed by atoms with Crippen molar-refractivity contribution in [3.8, 4) is 6.01 Å². The number of methoxy groups -OCH3 is 1. The van der Waals surface area contributed by atoms with Crippen LogP contribution in [0.2, 0.25) is 0 Å². The lowest BCUT2D eigenvalue weighted by atomic mass is 10.2. The summed E-state index contributed by atoms with van der Waals surface area (Å²) < 4.78 is 14.2. The molecule has 24 heavy (non-hydrogen) atoms. The van der Waals surface area contributed by atoms with Crippen LogP contribution in [0.3, 0.4) is 0 Å². The highest BCUT2D eigenvalue weighted by Crippen LogP contribution is 2.40. The minimum atomic E-state index is -0.469. The van der Waals surface area contributed by atoms with E-state index in [1.165, 1.54) is 25.5 Å². The van der Waals surface area contributed by atoms with Crippen LogP contribution >= 0.6 is 0 Å². The van der Waals surface area contributed by atoms with E-state index in [4.69, 9.17) is 14.5 Å². The van der Waals surface area contributed by atoms with Crippen molar-refractivity contribution >= 4 is 11.6 Å². The van der Waals surface area contributed by atoms with Gasteiger partial charge in [-0.1, -0.05) is 6.07 Å². The van der Waals surface area contributed by atoms with Gasteiger partial charge in [-0.15, -0.1) is 0 Å². The van der Waals surface area contributed by atoms with E-state index < -0.39 is 5.97 Å². The molecule has 0 amide bonds. The number of hydrogen-bond donors (Lipinski definition) is 0. The molecule has 1 aliphatic carbocycles. The average Bonchev–Trinajstić information content (AvgIpc) is 3.04. The summed E-state index contributed by atoms with van der Waals surface area (Å²) in [6, 6.07) is 4.56. The lowest BCUT2D eigenvalue weighted by molar-refractivity contribution is 0.0593. The summed E-state index contributed by atoms with van der Waals surface area (Å²) in [5.41, 5.74) is 3.43. The minimum Gasteiger partial charge on any atom is -0.464 e. The Bertz CT molecular complexity index is 954. The van der Waals surface area contributed by atoms with Gasteiger partial charge in [-0.05, 0) is 30.4 Å². The zero-order valence-corrected chi connectivity index (χ0v) is 13.2. The molecular formula is C17H16N4O3. The summed E-state index contributed by atoms with van der Waals surface area (Å²) in [5, 5.41) is 0. The number of hydrogen-bond acceptors (Lipinski definition) is 5. The molecule has 0 spiro atoms. The molecule has 2 aliphatic rings. The van der Waals surface area contributed by atoms with E-state index >= 15 is 0 Å². The maximum Gasteiger partial charge on any atom is 0.358 e. The molecule has 122 valence electrons. The van der Waals surface area contributed by atoms with Gasteiger partial charge in [-0.3, -0.25) is 4.57 Å². The molecule has 0 bridgehead atoms. The van der Waals surface area contributed by atoms with Crippen molar-refractivity contribution in [3.63, 3.8) is 0 Å². The van der Waals surface area contributed by atoms with Crippen molar-refractivity contribution in [2.75, 3.05) is 13.7 Å². The second-order valence-corrected chi connectivity index (χ2v) is 6.30. The highest BCUT2D eigenvalue weighted by Gasteiger charge is 2.31. The quantitative estimate of drug-likeness (QED) is 0.691. The number of esters is 1. The van der Waals surface area contributed by atoms with E-state index in [9.17, 15) is 4.79 Å². The van der Waals surface area contributed by atoms with Gasteiger partial charge in [0, 0.05) is 18.6 Å². The number of nitrogens with zero attached hydrogens (tertiary/aromatic N) is 4. The fourth-order valence-electron chi connectivity index (χ4n) is 3.22. The molecule has 1 unspecified atom stereocenters. The standard InChI is InChI=1S/C17H16N4O3/c1-23-16(22)13-8-21-14(9-24-17(21)19-13)12-7-20-6-11(10-2-3-10)4-5-15(20)18-12/h4-8,10,14H,2-3,9H2,1H3. The fourth-order valence-corrected chi connectivity index (χ4v) is 3.22. The first-order valence-electron chi connectivity index (χ1n) is 8.01. The maximum absolute atomic E-state index is 11.6. The Morgan fingerprint density at radius 3 is 2.92 bits per heavy atom. The molecule has 7 nitrogen and oxygen atoms in total. The summed E-state index contributed by atoms with van der Waals surface area (Å²) in [6.07, 6.45) is 8.41. The van der Waals surface area contributed by atoms with Crippen LogP contribution in [0.15, 0.2) is 30.7 Å². The predicted octanol–water partition coefficient (Wildman–Crippen LogP) is 2.18. The molecule has 0 aromatic carbocycles. The molecule has 1 saturated carbocycles. The van der Waals surface area contributed by atoms with Gasteiger partial charge in [0.15, 0.2) is 5.69 Å². The number of rotatable bonds is 3. The van der Waals surface area contributed by atoms with Crippen molar-refractivity contribution < 1.29 is 14.3 Å². The van der Waals surface area contributed by atoms with Crippen LogP contribution in [0.1, 0.15) is 46.5 Å². The van der Waals surface area contributed by atoms with Crippen molar-refractivity contribution in [2.45, 2.75) is 24.8 Å². The molecule has 3 aromatic rings. The topological polar surface area (TPSA) is 70.7 Å². The van der Waals surface area contributed by atoms with Gasteiger partial charge in [0.1, 0.15) is 18.3 Å². The number of ether oxygens (including phenoxy) is 2. The first kappa shape index (κ1) is 13.6. The Balaban J connectivity index is 1.52. The van der Waals surface area contributed by atoms with Gasteiger partial charge in [0.25, 0.3) is 6.01 Å². The minimum absolute atomic E-state index is 0.0878. The summed E-state index contributed by atoms with van der Waals surface area (Å²) in [7, 11) is 1.34. The Morgan fingerprint density at radius 1 is 1.25 bits per heavy atom. The van der Waals surface area contributed by atoms with Gasteiger partial charge >= 0.3 is 5.97 Å². The van der Waals surface area contributed by atoms with E-state index in [2.05, 4.69) is 27.7 Å². The van der Waals surface area contributed by atoms with Crippen LogP contribution in [-0.2, 0) is 4.74 Å². The Kier molecular flexibility index (Phi) is 2.74. The van der Waals surface area contributed by atoms with Crippen molar-refractivity contribution in [1.29, 1.82) is 0 Å². The summed E-state index contributed by atoms with van der Waals surface area (Å²) in [6.45, 7) is 0.461. The van der Waals surface area contributed by atoms with Gasteiger partial charge < -0.3 is 13.9 Å². The van der Waals surface area contributed by atoms with Gasteiger partial charge in [-0.2, -0.15) is 4.98 Å². The third kappa shape index (κ3) is 2.01. The van der Waals surface area contributed by atoms with E-state index in [0.717, 1.165) is 11.3 Å². The van der Waals surface area contributed by atoms with E-state index in [-0.39, 0.29) is 11.7 Å². The van der Waals surface area contributed by atoms with Crippen LogP contribution in [0, 0.1) is 0 Å². The highest BCUT2D eigenvalue weighted by molar-refractivity contribution is 5.87. The number of pyridine rings is 1. The normalized spacial score (nSPS) is 19.3. The largest absolute Gasteiger partial charge is 0.464 e. The molecule has 7 heteroatoms. The maximum atomic E-state index is 11.6. The third-order valence-electron chi connectivity index (χ3n) is 4.68. The van der Waals surface area contributed by atoms with Crippen LogP contribution < -0.4 is 4.74 Å². The predicted molar refractivity (Wildman–Crippen MR) is 84.4 cm³/mol. The first-order valence-corrected chi connectivity index (χ1v) is 8.01. The van der Waals surface area contributed by atoms with E-state index in [1.807, 2.05) is 10.8 Å². The third-order valence-corrected chi connectivity index (χ3v) is 4.68. The molecule has 0 radical (unpaired) electrons. The van der Waals surface area contributed by atoms with Crippen LogP contribution in [0.5, 0.6) is 6.01 Å². The second kappa shape index (κ2) is 4.83. The van der Waals surface area contributed by atoms with Crippen LogP contribution in [0.4, 0.5) is 0 Å². The monoisotopic (exact) mass is 324 g/mol. The number of imidazole rings is 2. The molecule has 3 aromatic heterocycles. The zero-order chi connectivity index (χ0) is 16.3. The Morgan fingerprint density at radius 2 is 2.12 bits per heavy atom. The molecule has 1 aliphatic heterocycles. The lowest BCUT2D eigenvalue weighted by Gasteiger charge is -2.05. The molecular weight excluding hydrogens is 308 g/mol. The fraction of sp³-hybridized carbons (Fsp3) is 0.353. The molecule has 0 saturated heterocycles. The lowest BCUT2D eigenvalue weighted by Crippen LogP contribution is -2.10.